The molecule has 29 heavy (non-hydrogen) atoms. The fourth-order valence-electron chi connectivity index (χ4n) is 3.19. The summed E-state index contributed by atoms with van der Waals surface area (Å²) >= 11 is 1.39. The Morgan fingerprint density at radius 1 is 1.10 bits per heavy atom. The first-order valence-electron chi connectivity index (χ1n) is 8.67. The standard InChI is InChI=1S/C19H16F3N3O2S2/c1-4-28-16-9-14-13(24(2)18(26)25(14)3)8-11(16)17-23-12-7-10(29-19(20,21)22)5-6-15(12)27-17/h5-9H,4H2,1-3H3. The number of aryl methyl sites for hydroxylation is 2. The molecule has 2 aromatic carbocycles. The maximum absolute atomic E-state index is 12.7. The largest absolute Gasteiger partial charge is 0.446 e. The molecular formula is C19H16F3N3O2S2. The van der Waals surface area contributed by atoms with Crippen molar-refractivity contribution in [1.82, 2.24) is 14.1 Å². The van der Waals surface area contributed by atoms with Crippen molar-refractivity contribution >= 4 is 45.7 Å². The zero-order valence-corrected chi connectivity index (χ0v) is 17.3. The number of halogens is 3. The molecule has 2 aromatic heterocycles. The third-order valence-electron chi connectivity index (χ3n) is 4.50. The second-order valence-corrected chi connectivity index (χ2v) is 8.81. The van der Waals surface area contributed by atoms with Crippen LogP contribution in [-0.2, 0) is 14.1 Å². The molecule has 0 atom stereocenters. The summed E-state index contributed by atoms with van der Waals surface area (Å²) in [5.74, 6) is 1.11. The number of fused-ring (bicyclic) bond motifs is 2. The number of nitrogens with zero attached hydrogens (tertiary/aromatic N) is 3. The number of hydrogen-bond acceptors (Lipinski definition) is 5. The Morgan fingerprint density at radius 3 is 2.45 bits per heavy atom. The van der Waals surface area contributed by atoms with Crippen LogP contribution in [0, 0.1) is 0 Å². The van der Waals surface area contributed by atoms with Crippen LogP contribution in [0.3, 0.4) is 0 Å². The van der Waals surface area contributed by atoms with Crippen LogP contribution >= 0.6 is 23.5 Å². The molecule has 0 radical (unpaired) electrons. The Balaban J connectivity index is 1.88. The minimum atomic E-state index is -4.37. The van der Waals surface area contributed by atoms with Gasteiger partial charge in [-0.3, -0.25) is 9.13 Å². The summed E-state index contributed by atoms with van der Waals surface area (Å²) < 4.78 is 46.9. The fraction of sp³-hybridized carbons (Fsp3) is 0.263. The summed E-state index contributed by atoms with van der Waals surface area (Å²) in [4.78, 5) is 17.6. The average molecular weight is 439 g/mol. The van der Waals surface area contributed by atoms with Crippen LogP contribution in [0.2, 0.25) is 0 Å². The molecule has 0 unspecified atom stereocenters. The lowest BCUT2D eigenvalue weighted by Crippen LogP contribution is -2.19. The van der Waals surface area contributed by atoms with Crippen molar-refractivity contribution in [3.05, 3.63) is 40.8 Å². The van der Waals surface area contributed by atoms with Crippen molar-refractivity contribution in [3.8, 4) is 11.5 Å². The van der Waals surface area contributed by atoms with Gasteiger partial charge < -0.3 is 4.42 Å². The number of hydrogen-bond donors (Lipinski definition) is 0. The Hall–Kier alpha value is -2.33. The van der Waals surface area contributed by atoms with Crippen LogP contribution in [-0.4, -0.2) is 25.4 Å². The Bertz CT molecular complexity index is 1290. The highest BCUT2D eigenvalue weighted by atomic mass is 32.2. The van der Waals surface area contributed by atoms with Crippen molar-refractivity contribution in [2.24, 2.45) is 14.1 Å². The van der Waals surface area contributed by atoms with Crippen molar-refractivity contribution < 1.29 is 17.6 Å². The molecule has 0 aliphatic carbocycles. The molecule has 0 saturated heterocycles. The number of thioether (sulfide) groups is 2. The lowest BCUT2D eigenvalue weighted by molar-refractivity contribution is -0.0328. The molecule has 0 aliphatic rings. The van der Waals surface area contributed by atoms with Crippen LogP contribution in [0.15, 0.2) is 49.3 Å². The molecule has 4 aromatic rings. The zero-order chi connectivity index (χ0) is 20.9. The topological polar surface area (TPSA) is 53.0 Å². The van der Waals surface area contributed by atoms with Crippen LogP contribution in [0.4, 0.5) is 13.2 Å². The van der Waals surface area contributed by atoms with Gasteiger partial charge in [0, 0.05) is 23.9 Å². The van der Waals surface area contributed by atoms with E-state index < -0.39 is 5.51 Å². The van der Waals surface area contributed by atoms with Gasteiger partial charge in [-0.25, -0.2) is 9.78 Å². The molecule has 0 saturated carbocycles. The number of rotatable bonds is 4. The van der Waals surface area contributed by atoms with Crippen molar-refractivity contribution in [2.75, 3.05) is 5.75 Å². The van der Waals surface area contributed by atoms with Gasteiger partial charge in [0.05, 0.1) is 16.6 Å². The highest BCUT2D eigenvalue weighted by Crippen LogP contribution is 2.39. The fourth-order valence-corrected chi connectivity index (χ4v) is 4.57. The predicted octanol–water partition coefficient (Wildman–Crippen LogP) is 5.41. The normalized spacial score (nSPS) is 12.3. The van der Waals surface area contributed by atoms with E-state index in [1.807, 2.05) is 19.1 Å². The highest BCUT2D eigenvalue weighted by Gasteiger charge is 2.29. The maximum Gasteiger partial charge on any atom is 0.446 e. The number of aromatic nitrogens is 3. The molecule has 2 heterocycles. The van der Waals surface area contributed by atoms with Crippen molar-refractivity contribution in [3.63, 3.8) is 0 Å². The molecule has 0 spiro atoms. The molecule has 152 valence electrons. The monoisotopic (exact) mass is 439 g/mol. The summed E-state index contributed by atoms with van der Waals surface area (Å²) in [5.41, 5.74) is -1.54. The van der Waals surface area contributed by atoms with Crippen LogP contribution in [0.1, 0.15) is 6.92 Å². The van der Waals surface area contributed by atoms with Gasteiger partial charge >= 0.3 is 11.2 Å². The van der Waals surface area contributed by atoms with E-state index in [2.05, 4.69) is 4.98 Å². The molecule has 0 N–H and O–H groups in total. The van der Waals surface area contributed by atoms with E-state index in [-0.39, 0.29) is 22.3 Å². The van der Waals surface area contributed by atoms with E-state index in [1.54, 1.807) is 35.0 Å². The highest BCUT2D eigenvalue weighted by molar-refractivity contribution is 8.00. The molecule has 0 bridgehead atoms. The predicted molar refractivity (Wildman–Crippen MR) is 109 cm³/mol. The Labute approximate surface area is 171 Å². The van der Waals surface area contributed by atoms with Crippen LogP contribution in [0.25, 0.3) is 33.6 Å². The lowest BCUT2D eigenvalue weighted by atomic mass is 10.2. The SMILES string of the molecule is CCSc1cc2c(cc1-c1nc3cc(SC(F)(F)F)ccc3o1)n(C)c(=O)n2C. The van der Waals surface area contributed by atoms with Crippen molar-refractivity contribution in [1.29, 1.82) is 0 Å². The molecule has 0 aliphatic heterocycles. The smallest absolute Gasteiger partial charge is 0.436 e. The summed E-state index contributed by atoms with van der Waals surface area (Å²) in [6, 6.07) is 7.97. The third kappa shape index (κ3) is 3.66. The number of alkyl halides is 3. The minimum Gasteiger partial charge on any atom is -0.436 e. The molecule has 10 heteroatoms. The van der Waals surface area contributed by atoms with Gasteiger partial charge in [-0.1, -0.05) is 6.92 Å². The molecule has 0 amide bonds. The third-order valence-corrected chi connectivity index (χ3v) is 6.15. The number of benzene rings is 2. The Morgan fingerprint density at radius 2 is 1.79 bits per heavy atom. The van der Waals surface area contributed by atoms with Gasteiger partial charge in [0.25, 0.3) is 0 Å². The molecule has 4 rings (SSSR count). The average Bonchev–Trinajstić information content (AvgIpc) is 3.15. The van der Waals surface area contributed by atoms with Gasteiger partial charge in [0.1, 0.15) is 5.52 Å². The summed E-state index contributed by atoms with van der Waals surface area (Å²) in [6.07, 6.45) is 0. The molecule has 0 fully saturated rings. The van der Waals surface area contributed by atoms with Gasteiger partial charge in [0.15, 0.2) is 5.58 Å². The first kappa shape index (κ1) is 20.0. The van der Waals surface area contributed by atoms with E-state index in [1.165, 1.54) is 18.2 Å². The molecule has 5 nitrogen and oxygen atoms in total. The van der Waals surface area contributed by atoms with Gasteiger partial charge in [-0.15, -0.1) is 11.8 Å². The van der Waals surface area contributed by atoms with Crippen LogP contribution in [0.5, 0.6) is 0 Å². The number of oxazole rings is 1. The quantitative estimate of drug-likeness (QED) is 0.398. The van der Waals surface area contributed by atoms with E-state index in [0.717, 1.165) is 21.7 Å². The minimum absolute atomic E-state index is 0.0499. The van der Waals surface area contributed by atoms with Gasteiger partial charge in [0.2, 0.25) is 5.89 Å². The van der Waals surface area contributed by atoms with Gasteiger partial charge in [-0.05, 0) is 47.8 Å². The second-order valence-electron chi connectivity index (χ2n) is 6.37. The summed E-state index contributed by atoms with van der Waals surface area (Å²) in [6.45, 7) is 2.01. The second kappa shape index (κ2) is 7.17. The zero-order valence-electron chi connectivity index (χ0n) is 15.7. The van der Waals surface area contributed by atoms with E-state index in [4.69, 9.17) is 4.42 Å². The van der Waals surface area contributed by atoms with E-state index >= 15 is 0 Å². The molecular weight excluding hydrogens is 423 g/mol. The summed E-state index contributed by atoms with van der Waals surface area (Å²) in [5, 5.41) is 0. The first-order valence-corrected chi connectivity index (χ1v) is 10.5. The first-order chi connectivity index (χ1) is 13.7. The number of imidazole rings is 1. The van der Waals surface area contributed by atoms with Crippen LogP contribution < -0.4 is 5.69 Å². The van der Waals surface area contributed by atoms with Gasteiger partial charge in [-0.2, -0.15) is 13.2 Å². The lowest BCUT2D eigenvalue weighted by Gasteiger charge is -2.07. The van der Waals surface area contributed by atoms with E-state index in [0.29, 0.717) is 22.6 Å². The maximum atomic E-state index is 12.7. The van der Waals surface area contributed by atoms with E-state index in [9.17, 15) is 18.0 Å². The van der Waals surface area contributed by atoms with Crippen molar-refractivity contribution in [2.45, 2.75) is 22.2 Å². The summed E-state index contributed by atoms with van der Waals surface area (Å²) in [7, 11) is 3.40. The Kier molecular flexibility index (Phi) is 4.94.